The Bertz CT molecular complexity index is 1030. The maximum absolute atomic E-state index is 5.51. The molecular weight excluding hydrogens is 282 g/mol. The van der Waals surface area contributed by atoms with E-state index in [1.165, 1.54) is 31.2 Å². The van der Waals surface area contributed by atoms with E-state index in [4.69, 9.17) is 11.4 Å². The number of aromatic nitrogens is 2. The molecule has 2 saturated carbocycles. The largest absolute Gasteiger partial charge is 0.340 e. The number of terminal acetylenes is 1. The number of rotatable bonds is 1. The number of imidazole rings is 1. The van der Waals surface area contributed by atoms with Gasteiger partial charge in [0.15, 0.2) is 0 Å². The fourth-order valence-electron chi connectivity index (χ4n) is 4.79. The molecule has 0 radical (unpaired) electrons. The smallest absolute Gasteiger partial charge is 0.127 e. The van der Waals surface area contributed by atoms with Gasteiger partial charge in [0, 0.05) is 17.5 Å². The van der Waals surface area contributed by atoms with Gasteiger partial charge in [-0.1, -0.05) is 18.1 Å². The molecule has 23 heavy (non-hydrogen) atoms. The quantitative estimate of drug-likeness (QED) is 0.677. The van der Waals surface area contributed by atoms with Crippen LogP contribution in [0.3, 0.4) is 0 Å². The molecule has 112 valence electrons. The Morgan fingerprint density at radius 2 is 2.13 bits per heavy atom. The lowest BCUT2D eigenvalue weighted by Gasteiger charge is -2.09. The number of H-pyrrole nitrogens is 1. The van der Waals surface area contributed by atoms with Crippen LogP contribution in [0.2, 0.25) is 0 Å². The van der Waals surface area contributed by atoms with Gasteiger partial charge < -0.3 is 10.3 Å². The van der Waals surface area contributed by atoms with Gasteiger partial charge in [0.05, 0.1) is 16.6 Å². The molecular formula is C20H17N3. The summed E-state index contributed by atoms with van der Waals surface area (Å²) in [6.07, 6.45) is 9.54. The van der Waals surface area contributed by atoms with Gasteiger partial charge in [0.2, 0.25) is 0 Å². The minimum absolute atomic E-state index is 0.126. The molecule has 2 aromatic carbocycles. The van der Waals surface area contributed by atoms with Gasteiger partial charge in [-0.25, -0.2) is 4.98 Å². The highest BCUT2D eigenvalue weighted by Crippen LogP contribution is 2.72. The van der Waals surface area contributed by atoms with Crippen LogP contribution in [-0.4, -0.2) is 16.5 Å². The summed E-state index contributed by atoms with van der Waals surface area (Å²) < 4.78 is 0. The lowest BCUT2D eigenvalue weighted by atomic mass is 10.0. The first-order chi connectivity index (χ1) is 11.2. The molecule has 3 heteroatoms. The maximum Gasteiger partial charge on any atom is 0.127 e. The zero-order chi connectivity index (χ0) is 15.2. The third-order valence-electron chi connectivity index (χ3n) is 6.41. The molecule has 3 aromatic rings. The van der Waals surface area contributed by atoms with E-state index in [1.807, 2.05) is 6.07 Å². The summed E-state index contributed by atoms with van der Waals surface area (Å²) >= 11 is 0. The second-order valence-corrected chi connectivity index (χ2v) is 7.57. The number of hydrogen-bond acceptors (Lipinski definition) is 2. The summed E-state index contributed by atoms with van der Waals surface area (Å²) in [7, 11) is 0. The van der Waals surface area contributed by atoms with Crippen molar-refractivity contribution in [3.05, 3.63) is 41.7 Å². The Labute approximate surface area is 134 Å². The van der Waals surface area contributed by atoms with Crippen molar-refractivity contribution < 1.29 is 0 Å². The second-order valence-electron chi connectivity index (χ2n) is 7.57. The van der Waals surface area contributed by atoms with Crippen LogP contribution in [0.15, 0.2) is 30.3 Å². The molecule has 1 aromatic heterocycles. The first kappa shape index (κ1) is 12.2. The average Bonchev–Trinajstić information content (AvgIpc) is 3.43. The van der Waals surface area contributed by atoms with E-state index in [0.29, 0.717) is 5.41 Å². The molecule has 3 aliphatic rings. The van der Waals surface area contributed by atoms with E-state index >= 15 is 0 Å². The monoisotopic (exact) mass is 299 g/mol. The third kappa shape index (κ3) is 1.39. The number of hydrogen-bond donors (Lipinski definition) is 2. The highest BCUT2D eigenvalue weighted by Gasteiger charge is 2.74. The molecule has 2 N–H and O–H groups in total. The molecule has 1 spiro atoms. The summed E-state index contributed by atoms with van der Waals surface area (Å²) in [5, 5.41) is 6.12. The van der Waals surface area contributed by atoms with Crippen molar-refractivity contribution in [1.29, 1.82) is 0 Å². The molecule has 6 rings (SSSR count). The van der Waals surface area contributed by atoms with Gasteiger partial charge in [-0.3, -0.25) is 0 Å². The van der Waals surface area contributed by atoms with Crippen molar-refractivity contribution in [3.63, 3.8) is 0 Å². The van der Waals surface area contributed by atoms with Crippen molar-refractivity contribution in [3.8, 4) is 12.3 Å². The summed E-state index contributed by atoms with van der Waals surface area (Å²) in [6, 6.07) is 10.4. The third-order valence-corrected chi connectivity index (χ3v) is 6.41. The van der Waals surface area contributed by atoms with Crippen molar-refractivity contribution in [2.45, 2.75) is 24.8 Å². The van der Waals surface area contributed by atoms with Crippen LogP contribution < -0.4 is 5.32 Å². The standard InChI is InChI=1S/C20H17N3/c1-2-12-3-5-14-13(9-12)4-6-15-17(14)23-18(22-15)20-10-16(20)19(7-8-19)11-21-20/h1,3-6,9,16,21H,7-8,10-11H2,(H,22,23)/t16-,20-/m1/s1. The number of nitrogens with zero attached hydrogens (tertiary/aromatic N) is 1. The normalized spacial score (nSPS) is 29.8. The minimum Gasteiger partial charge on any atom is -0.340 e. The number of aromatic amines is 1. The summed E-state index contributed by atoms with van der Waals surface area (Å²) in [5.41, 5.74) is 3.84. The second kappa shape index (κ2) is 3.60. The first-order valence-electron chi connectivity index (χ1n) is 8.39. The highest BCUT2D eigenvalue weighted by atomic mass is 15.2. The van der Waals surface area contributed by atoms with Crippen LogP contribution in [-0.2, 0) is 5.54 Å². The Morgan fingerprint density at radius 1 is 1.22 bits per heavy atom. The van der Waals surface area contributed by atoms with E-state index in [1.54, 1.807) is 0 Å². The van der Waals surface area contributed by atoms with E-state index in [-0.39, 0.29) is 5.54 Å². The van der Waals surface area contributed by atoms with Gasteiger partial charge in [0.1, 0.15) is 5.82 Å². The molecule has 2 heterocycles. The summed E-state index contributed by atoms with van der Waals surface area (Å²) in [4.78, 5) is 8.61. The Balaban J connectivity index is 1.54. The van der Waals surface area contributed by atoms with E-state index < -0.39 is 0 Å². The first-order valence-corrected chi connectivity index (χ1v) is 8.39. The molecule has 3 fully saturated rings. The van der Waals surface area contributed by atoms with Crippen LogP contribution >= 0.6 is 0 Å². The number of fused-ring (bicyclic) bond motifs is 5. The van der Waals surface area contributed by atoms with Crippen LogP contribution in [0.1, 0.15) is 30.7 Å². The van der Waals surface area contributed by atoms with Crippen LogP contribution in [0.4, 0.5) is 0 Å². The van der Waals surface area contributed by atoms with Crippen LogP contribution in [0.5, 0.6) is 0 Å². The van der Waals surface area contributed by atoms with Crippen molar-refractivity contribution in [2.24, 2.45) is 11.3 Å². The molecule has 0 unspecified atom stereocenters. The summed E-state index contributed by atoms with van der Waals surface area (Å²) in [6.45, 7) is 1.17. The lowest BCUT2D eigenvalue weighted by molar-refractivity contribution is 0.486. The SMILES string of the molecule is C#Cc1ccc2c(ccc3[nH]c([C@@]45C[C@@H]4C4(CC4)CN5)nc32)c1. The van der Waals surface area contributed by atoms with Gasteiger partial charge in [0.25, 0.3) is 0 Å². The molecule has 3 nitrogen and oxygen atoms in total. The lowest BCUT2D eigenvalue weighted by Crippen LogP contribution is -2.27. The van der Waals surface area contributed by atoms with E-state index in [2.05, 4.69) is 40.5 Å². The van der Waals surface area contributed by atoms with Crippen molar-refractivity contribution in [2.75, 3.05) is 6.54 Å². The predicted molar refractivity (Wildman–Crippen MR) is 91.0 cm³/mol. The Hall–Kier alpha value is -2.31. The topological polar surface area (TPSA) is 40.7 Å². The zero-order valence-electron chi connectivity index (χ0n) is 12.8. The van der Waals surface area contributed by atoms with Gasteiger partial charge in [-0.05, 0) is 54.2 Å². The van der Waals surface area contributed by atoms with Crippen molar-refractivity contribution in [1.82, 2.24) is 15.3 Å². The van der Waals surface area contributed by atoms with E-state index in [9.17, 15) is 0 Å². The van der Waals surface area contributed by atoms with Crippen LogP contribution in [0.25, 0.3) is 21.8 Å². The predicted octanol–water partition coefficient (Wildman–Crippen LogP) is 3.30. The molecule has 2 aliphatic carbocycles. The fourth-order valence-corrected chi connectivity index (χ4v) is 4.79. The van der Waals surface area contributed by atoms with Gasteiger partial charge in [-0.15, -0.1) is 6.42 Å². The molecule has 0 bridgehead atoms. The Kier molecular flexibility index (Phi) is 1.90. The summed E-state index contributed by atoms with van der Waals surface area (Å²) in [5.74, 6) is 4.63. The molecule has 0 amide bonds. The van der Waals surface area contributed by atoms with E-state index in [0.717, 1.165) is 33.7 Å². The van der Waals surface area contributed by atoms with Gasteiger partial charge >= 0.3 is 0 Å². The molecule has 1 saturated heterocycles. The van der Waals surface area contributed by atoms with Crippen LogP contribution in [0, 0.1) is 23.7 Å². The maximum atomic E-state index is 5.51. The number of piperidine rings is 1. The highest BCUT2D eigenvalue weighted by molar-refractivity contribution is 6.04. The number of benzene rings is 2. The average molecular weight is 299 g/mol. The minimum atomic E-state index is 0.126. The van der Waals surface area contributed by atoms with Crippen molar-refractivity contribution >= 4 is 21.8 Å². The molecule has 1 aliphatic heterocycles. The molecule has 2 atom stereocenters. The fraction of sp³-hybridized carbons (Fsp3) is 0.350. The Morgan fingerprint density at radius 3 is 2.87 bits per heavy atom. The zero-order valence-corrected chi connectivity index (χ0v) is 12.8. The number of nitrogens with one attached hydrogen (secondary N) is 2. The van der Waals surface area contributed by atoms with Gasteiger partial charge in [-0.2, -0.15) is 0 Å².